The molecule has 88 valence electrons. The van der Waals surface area contributed by atoms with Crippen molar-refractivity contribution in [1.82, 2.24) is 14.9 Å². The molecule has 5 heteroatoms. The molecule has 0 saturated carbocycles. The van der Waals surface area contributed by atoms with E-state index in [0.717, 1.165) is 12.1 Å². The first kappa shape index (κ1) is 12.4. The van der Waals surface area contributed by atoms with Crippen molar-refractivity contribution < 1.29 is 4.79 Å². The number of rotatable bonds is 5. The van der Waals surface area contributed by atoms with Crippen LogP contribution in [-0.4, -0.2) is 40.9 Å². The van der Waals surface area contributed by atoms with Crippen molar-refractivity contribution in [3.8, 4) is 0 Å². The Balaban J connectivity index is 2.51. The van der Waals surface area contributed by atoms with Crippen LogP contribution in [0.2, 0.25) is 0 Å². The summed E-state index contributed by atoms with van der Waals surface area (Å²) in [4.78, 5) is 21.3. The Morgan fingerprint density at radius 2 is 2.19 bits per heavy atom. The summed E-state index contributed by atoms with van der Waals surface area (Å²) in [5, 5.41) is 2.99. The summed E-state index contributed by atoms with van der Waals surface area (Å²) in [6.07, 6.45) is 2.37. The van der Waals surface area contributed by atoms with Crippen molar-refractivity contribution in [3.05, 3.63) is 18.1 Å². The molecule has 0 aliphatic rings. The first-order valence-electron chi connectivity index (χ1n) is 5.46. The van der Waals surface area contributed by atoms with Crippen LogP contribution < -0.4 is 5.32 Å². The first-order valence-corrected chi connectivity index (χ1v) is 5.46. The molecule has 0 spiro atoms. The molecule has 1 aromatic rings. The van der Waals surface area contributed by atoms with Gasteiger partial charge in [0.25, 0.3) is 0 Å². The van der Waals surface area contributed by atoms with Gasteiger partial charge in [-0.3, -0.25) is 4.79 Å². The van der Waals surface area contributed by atoms with Crippen LogP contribution in [0.25, 0.3) is 0 Å². The van der Waals surface area contributed by atoms with Crippen molar-refractivity contribution in [3.63, 3.8) is 0 Å². The van der Waals surface area contributed by atoms with Crippen molar-refractivity contribution in [2.75, 3.05) is 25.5 Å². The maximum absolute atomic E-state index is 11.5. The molecule has 1 aromatic heterocycles. The van der Waals surface area contributed by atoms with Crippen LogP contribution in [0.1, 0.15) is 19.5 Å². The number of nitrogens with one attached hydrogen (secondary N) is 1. The lowest BCUT2D eigenvalue weighted by atomic mass is 10.3. The topological polar surface area (TPSA) is 58.1 Å². The van der Waals surface area contributed by atoms with Gasteiger partial charge in [-0.2, -0.15) is 0 Å². The Hall–Kier alpha value is -1.65. The van der Waals surface area contributed by atoms with Gasteiger partial charge in [-0.25, -0.2) is 9.97 Å². The van der Waals surface area contributed by atoms with Gasteiger partial charge in [0, 0.05) is 25.4 Å². The quantitative estimate of drug-likeness (QED) is 0.805. The zero-order chi connectivity index (χ0) is 12.0. The average Bonchev–Trinajstić information content (AvgIpc) is 2.35. The monoisotopic (exact) mass is 222 g/mol. The summed E-state index contributed by atoms with van der Waals surface area (Å²) in [5.74, 6) is 0.754. The zero-order valence-corrected chi connectivity index (χ0v) is 10.0. The summed E-state index contributed by atoms with van der Waals surface area (Å²) in [6, 6.07) is 1.86. The van der Waals surface area contributed by atoms with E-state index in [4.69, 9.17) is 0 Å². The fourth-order valence-electron chi connectivity index (χ4n) is 1.17. The van der Waals surface area contributed by atoms with Gasteiger partial charge in [0.05, 0.1) is 6.54 Å². The number of hydrogen-bond donors (Lipinski definition) is 1. The molecule has 0 aliphatic heterocycles. The van der Waals surface area contributed by atoms with Crippen LogP contribution in [-0.2, 0) is 11.2 Å². The summed E-state index contributed by atoms with van der Waals surface area (Å²) in [7, 11) is 1.78. The van der Waals surface area contributed by atoms with E-state index in [1.165, 1.54) is 6.33 Å². The van der Waals surface area contributed by atoms with Gasteiger partial charge in [-0.05, 0) is 13.3 Å². The van der Waals surface area contributed by atoms with Gasteiger partial charge >= 0.3 is 0 Å². The molecule has 1 heterocycles. The number of aromatic nitrogens is 2. The molecule has 0 atom stereocenters. The second-order valence-corrected chi connectivity index (χ2v) is 3.51. The van der Waals surface area contributed by atoms with Gasteiger partial charge in [-0.15, -0.1) is 0 Å². The molecule has 1 N–H and O–H groups in total. The van der Waals surface area contributed by atoms with Crippen LogP contribution in [0.15, 0.2) is 12.4 Å². The molecule has 16 heavy (non-hydrogen) atoms. The normalized spacial score (nSPS) is 9.94. The largest absolute Gasteiger partial charge is 0.361 e. The van der Waals surface area contributed by atoms with Gasteiger partial charge in [0.2, 0.25) is 5.91 Å². The Morgan fingerprint density at radius 3 is 2.81 bits per heavy atom. The second-order valence-electron chi connectivity index (χ2n) is 3.51. The maximum atomic E-state index is 11.5. The lowest BCUT2D eigenvalue weighted by Crippen LogP contribution is -2.32. The van der Waals surface area contributed by atoms with Crippen LogP contribution in [0, 0.1) is 0 Å². The van der Waals surface area contributed by atoms with E-state index in [1.54, 1.807) is 11.9 Å². The van der Waals surface area contributed by atoms with Crippen molar-refractivity contribution in [2.45, 2.75) is 20.3 Å². The highest BCUT2D eigenvalue weighted by Crippen LogP contribution is 2.03. The highest BCUT2D eigenvalue weighted by Gasteiger charge is 2.06. The van der Waals surface area contributed by atoms with Gasteiger partial charge in [-0.1, -0.05) is 6.92 Å². The van der Waals surface area contributed by atoms with Crippen LogP contribution >= 0.6 is 0 Å². The molecule has 0 radical (unpaired) electrons. The van der Waals surface area contributed by atoms with Crippen molar-refractivity contribution >= 4 is 11.7 Å². The molecule has 1 rings (SSSR count). The third-order valence-corrected chi connectivity index (χ3v) is 2.41. The summed E-state index contributed by atoms with van der Waals surface area (Å²) in [5.41, 5.74) is 0.966. The first-order chi connectivity index (χ1) is 7.67. The minimum absolute atomic E-state index is 0.0548. The number of carbonyl (C=O) groups excluding carboxylic acids is 1. The third-order valence-electron chi connectivity index (χ3n) is 2.41. The van der Waals surface area contributed by atoms with Gasteiger partial charge in [0.1, 0.15) is 12.1 Å². The van der Waals surface area contributed by atoms with Crippen LogP contribution in [0.5, 0.6) is 0 Å². The molecule has 5 nitrogen and oxygen atoms in total. The number of hydrogen-bond acceptors (Lipinski definition) is 4. The Kier molecular flexibility index (Phi) is 4.69. The van der Waals surface area contributed by atoms with E-state index < -0.39 is 0 Å². The summed E-state index contributed by atoms with van der Waals surface area (Å²) < 4.78 is 0. The van der Waals surface area contributed by atoms with E-state index in [1.807, 2.05) is 19.9 Å². The fourth-order valence-corrected chi connectivity index (χ4v) is 1.17. The molecule has 0 bridgehead atoms. The zero-order valence-electron chi connectivity index (χ0n) is 10.0. The smallest absolute Gasteiger partial charge is 0.241 e. The number of amides is 1. The number of anilines is 1. The standard InChI is InChI=1S/C11H18N4O/c1-4-9-6-10(14-8-13-9)12-7-11(16)15(3)5-2/h6,8H,4-5,7H2,1-3H3,(H,12,13,14). The van der Waals surface area contributed by atoms with E-state index in [-0.39, 0.29) is 12.5 Å². The highest BCUT2D eigenvalue weighted by atomic mass is 16.2. The van der Waals surface area contributed by atoms with E-state index in [0.29, 0.717) is 12.4 Å². The second kappa shape index (κ2) is 6.05. The highest BCUT2D eigenvalue weighted by molar-refractivity contribution is 5.80. The fraction of sp³-hybridized carbons (Fsp3) is 0.545. The van der Waals surface area contributed by atoms with Crippen molar-refractivity contribution in [1.29, 1.82) is 0 Å². The summed E-state index contributed by atoms with van der Waals surface area (Å²) in [6.45, 7) is 4.95. The maximum Gasteiger partial charge on any atom is 0.241 e. The molecule has 0 fully saturated rings. The Labute approximate surface area is 95.9 Å². The predicted molar refractivity (Wildman–Crippen MR) is 63.2 cm³/mol. The predicted octanol–water partition coefficient (Wildman–Crippen LogP) is 0.929. The van der Waals surface area contributed by atoms with Crippen LogP contribution in [0.3, 0.4) is 0 Å². The number of aryl methyl sites for hydroxylation is 1. The number of carbonyl (C=O) groups is 1. The van der Waals surface area contributed by atoms with E-state index in [9.17, 15) is 4.79 Å². The molecule has 0 aromatic carbocycles. The minimum atomic E-state index is 0.0548. The third kappa shape index (κ3) is 3.49. The van der Waals surface area contributed by atoms with E-state index in [2.05, 4.69) is 15.3 Å². The number of nitrogens with zero attached hydrogens (tertiary/aromatic N) is 3. The number of likely N-dealkylation sites (N-methyl/N-ethyl adjacent to an activating group) is 1. The van der Waals surface area contributed by atoms with Gasteiger partial charge in [0.15, 0.2) is 0 Å². The van der Waals surface area contributed by atoms with Crippen molar-refractivity contribution in [2.24, 2.45) is 0 Å². The Bertz CT molecular complexity index is 354. The molecule has 0 saturated heterocycles. The lowest BCUT2D eigenvalue weighted by Gasteiger charge is -2.14. The molecule has 1 amide bonds. The molecular weight excluding hydrogens is 204 g/mol. The lowest BCUT2D eigenvalue weighted by molar-refractivity contribution is -0.127. The SMILES string of the molecule is CCc1cc(NCC(=O)N(C)CC)ncn1. The summed E-state index contributed by atoms with van der Waals surface area (Å²) >= 11 is 0. The molecule has 0 aliphatic carbocycles. The Morgan fingerprint density at radius 1 is 1.44 bits per heavy atom. The molecule has 0 unspecified atom stereocenters. The molecular formula is C11H18N4O. The minimum Gasteiger partial charge on any atom is -0.361 e. The van der Waals surface area contributed by atoms with Gasteiger partial charge < -0.3 is 10.2 Å². The van der Waals surface area contributed by atoms with E-state index >= 15 is 0 Å². The van der Waals surface area contributed by atoms with Crippen LogP contribution in [0.4, 0.5) is 5.82 Å². The average molecular weight is 222 g/mol.